The highest BCUT2D eigenvalue weighted by Crippen LogP contribution is 2.16. The number of morpholine rings is 1. The zero-order valence-corrected chi connectivity index (χ0v) is 8.44. The molecule has 2 aliphatic rings. The number of likely N-dealkylation sites (tertiary alicyclic amines) is 1. The van der Waals surface area contributed by atoms with E-state index >= 15 is 0 Å². The van der Waals surface area contributed by atoms with Gasteiger partial charge in [-0.2, -0.15) is 0 Å². The highest BCUT2D eigenvalue weighted by molar-refractivity contribution is 5.78. The van der Waals surface area contributed by atoms with Gasteiger partial charge >= 0.3 is 0 Å². The minimum absolute atomic E-state index is 0.0620. The van der Waals surface area contributed by atoms with Crippen LogP contribution in [0.1, 0.15) is 6.42 Å². The molecule has 6 nitrogen and oxygen atoms in total. The third kappa shape index (κ3) is 2.45. The maximum Gasteiger partial charge on any atom is 0.246 e. The van der Waals surface area contributed by atoms with Crippen molar-refractivity contribution in [1.82, 2.24) is 10.2 Å². The van der Waals surface area contributed by atoms with Crippen molar-refractivity contribution in [3.05, 3.63) is 0 Å². The average Bonchev–Trinajstić information content (AvgIpc) is 2.56. The Balaban J connectivity index is 1.82. The van der Waals surface area contributed by atoms with E-state index in [-0.39, 0.29) is 30.6 Å². The second kappa shape index (κ2) is 4.16. The van der Waals surface area contributed by atoms with Crippen molar-refractivity contribution in [1.29, 1.82) is 0 Å². The molecule has 2 amide bonds. The van der Waals surface area contributed by atoms with Crippen molar-refractivity contribution in [2.45, 2.75) is 18.6 Å². The van der Waals surface area contributed by atoms with E-state index in [4.69, 9.17) is 10.5 Å². The number of ether oxygens (including phenoxy) is 1. The van der Waals surface area contributed by atoms with E-state index in [0.29, 0.717) is 13.0 Å². The number of fused-ring (bicyclic) bond motifs is 1. The van der Waals surface area contributed by atoms with Gasteiger partial charge in [0.2, 0.25) is 11.8 Å². The Bertz CT molecular complexity index is 282. The third-order valence-corrected chi connectivity index (χ3v) is 2.79. The van der Waals surface area contributed by atoms with E-state index in [2.05, 4.69) is 10.2 Å². The van der Waals surface area contributed by atoms with Gasteiger partial charge in [-0.25, -0.2) is 0 Å². The van der Waals surface area contributed by atoms with Crippen LogP contribution in [0.15, 0.2) is 0 Å². The van der Waals surface area contributed by atoms with Crippen molar-refractivity contribution in [2.24, 2.45) is 5.73 Å². The lowest BCUT2D eigenvalue weighted by Crippen LogP contribution is -2.50. The second-order valence-electron chi connectivity index (χ2n) is 4.00. The van der Waals surface area contributed by atoms with Crippen molar-refractivity contribution in [3.63, 3.8) is 0 Å². The van der Waals surface area contributed by atoms with E-state index < -0.39 is 0 Å². The Kier molecular flexibility index (Phi) is 2.88. The van der Waals surface area contributed by atoms with Crippen LogP contribution in [-0.2, 0) is 14.3 Å². The highest BCUT2D eigenvalue weighted by atomic mass is 16.5. The number of nitrogens with one attached hydrogen (secondary N) is 1. The fourth-order valence-corrected chi connectivity index (χ4v) is 2.04. The Morgan fingerprint density at radius 1 is 1.60 bits per heavy atom. The molecule has 2 aliphatic heterocycles. The van der Waals surface area contributed by atoms with Crippen LogP contribution in [0.3, 0.4) is 0 Å². The van der Waals surface area contributed by atoms with E-state index in [1.807, 2.05) is 0 Å². The molecule has 0 bridgehead atoms. The largest absolute Gasteiger partial charge is 0.370 e. The Morgan fingerprint density at radius 2 is 2.40 bits per heavy atom. The zero-order chi connectivity index (χ0) is 10.8. The quantitative estimate of drug-likeness (QED) is 0.571. The van der Waals surface area contributed by atoms with E-state index in [9.17, 15) is 9.59 Å². The third-order valence-electron chi connectivity index (χ3n) is 2.79. The number of rotatable bonds is 3. The Hall–Kier alpha value is -1.14. The maximum absolute atomic E-state index is 11.0. The lowest BCUT2D eigenvalue weighted by Gasteiger charge is -2.25. The van der Waals surface area contributed by atoms with Gasteiger partial charge in [0, 0.05) is 26.1 Å². The first kappa shape index (κ1) is 10.4. The summed E-state index contributed by atoms with van der Waals surface area (Å²) < 4.78 is 5.38. The molecule has 2 rings (SSSR count). The first-order valence-corrected chi connectivity index (χ1v) is 5.07. The van der Waals surface area contributed by atoms with Crippen LogP contribution in [0.4, 0.5) is 0 Å². The molecule has 2 atom stereocenters. The van der Waals surface area contributed by atoms with Crippen LogP contribution in [0.5, 0.6) is 0 Å². The van der Waals surface area contributed by atoms with Crippen LogP contribution in [0.25, 0.3) is 0 Å². The van der Waals surface area contributed by atoms with Gasteiger partial charge < -0.3 is 15.8 Å². The lowest BCUT2D eigenvalue weighted by atomic mass is 10.2. The minimum atomic E-state index is -0.296. The number of primary amides is 1. The van der Waals surface area contributed by atoms with Crippen molar-refractivity contribution < 1.29 is 14.3 Å². The number of hydrogen-bond donors (Lipinski definition) is 2. The van der Waals surface area contributed by atoms with Gasteiger partial charge in [-0.3, -0.25) is 14.5 Å². The van der Waals surface area contributed by atoms with Crippen LogP contribution in [0.2, 0.25) is 0 Å². The summed E-state index contributed by atoms with van der Waals surface area (Å²) in [6.07, 6.45) is 0.420. The molecule has 6 heteroatoms. The molecule has 0 aromatic rings. The van der Waals surface area contributed by atoms with Crippen LogP contribution < -0.4 is 11.1 Å². The summed E-state index contributed by atoms with van der Waals surface area (Å²) in [6.45, 7) is 2.29. The molecule has 2 heterocycles. The summed E-state index contributed by atoms with van der Waals surface area (Å²) in [6, 6.07) is 0.0686. The molecule has 0 spiro atoms. The maximum atomic E-state index is 11.0. The van der Waals surface area contributed by atoms with Gasteiger partial charge in [0.05, 0.1) is 12.1 Å². The molecular formula is C9H15N3O3. The Morgan fingerprint density at radius 3 is 3.13 bits per heavy atom. The van der Waals surface area contributed by atoms with Gasteiger partial charge in [0.25, 0.3) is 0 Å². The summed E-state index contributed by atoms with van der Waals surface area (Å²) in [7, 11) is 0. The SMILES string of the molecule is NC(=O)CCN1C[C@@H]2NC(=O)CO[C@H]2C1. The fraction of sp³-hybridized carbons (Fsp3) is 0.778. The molecule has 0 aliphatic carbocycles. The number of nitrogens with zero attached hydrogens (tertiary/aromatic N) is 1. The van der Waals surface area contributed by atoms with Crippen LogP contribution in [-0.4, -0.2) is 55.1 Å². The molecule has 0 unspecified atom stereocenters. The minimum Gasteiger partial charge on any atom is -0.370 e. The van der Waals surface area contributed by atoms with Crippen molar-refractivity contribution >= 4 is 11.8 Å². The number of amides is 2. The first-order valence-electron chi connectivity index (χ1n) is 5.07. The highest BCUT2D eigenvalue weighted by Gasteiger charge is 2.37. The van der Waals surface area contributed by atoms with Gasteiger partial charge in [0.15, 0.2) is 0 Å². The monoisotopic (exact) mass is 213 g/mol. The lowest BCUT2D eigenvalue weighted by molar-refractivity contribution is -0.134. The number of carbonyl (C=O) groups excluding carboxylic acids is 2. The smallest absolute Gasteiger partial charge is 0.246 e. The van der Waals surface area contributed by atoms with Gasteiger partial charge in [-0.15, -0.1) is 0 Å². The molecule has 0 saturated carbocycles. The van der Waals surface area contributed by atoms with Crippen LogP contribution in [0, 0.1) is 0 Å². The molecule has 2 saturated heterocycles. The molecule has 3 N–H and O–H groups in total. The van der Waals surface area contributed by atoms with E-state index in [0.717, 1.165) is 13.1 Å². The average molecular weight is 213 g/mol. The van der Waals surface area contributed by atoms with Crippen molar-refractivity contribution in [3.8, 4) is 0 Å². The van der Waals surface area contributed by atoms with Gasteiger partial charge in [-0.05, 0) is 0 Å². The molecule has 0 aromatic carbocycles. The molecule has 15 heavy (non-hydrogen) atoms. The summed E-state index contributed by atoms with van der Waals surface area (Å²) in [5, 5.41) is 2.87. The zero-order valence-electron chi connectivity index (χ0n) is 8.44. The van der Waals surface area contributed by atoms with E-state index in [1.165, 1.54) is 0 Å². The normalized spacial score (nSPS) is 31.1. The van der Waals surface area contributed by atoms with E-state index in [1.54, 1.807) is 0 Å². The summed E-state index contributed by atoms with van der Waals surface area (Å²) in [5.74, 6) is -0.358. The fourth-order valence-electron chi connectivity index (χ4n) is 2.04. The predicted octanol–water partition coefficient (Wildman–Crippen LogP) is -1.94. The van der Waals surface area contributed by atoms with Crippen LogP contribution >= 0.6 is 0 Å². The molecule has 84 valence electrons. The van der Waals surface area contributed by atoms with Crippen molar-refractivity contribution in [2.75, 3.05) is 26.2 Å². The van der Waals surface area contributed by atoms with Gasteiger partial charge in [0.1, 0.15) is 6.61 Å². The standard InChI is InChI=1S/C9H15N3O3/c10-8(13)1-2-12-3-6-7(4-12)15-5-9(14)11-6/h6-7H,1-5H2,(H2,10,13)(H,11,14)/t6-,7-/m0/s1. The molecule has 0 aromatic heterocycles. The molecular weight excluding hydrogens is 198 g/mol. The Labute approximate surface area is 87.7 Å². The molecule has 2 fully saturated rings. The first-order chi connectivity index (χ1) is 7.15. The molecule has 0 radical (unpaired) electrons. The predicted molar refractivity (Wildman–Crippen MR) is 51.9 cm³/mol. The van der Waals surface area contributed by atoms with Gasteiger partial charge in [-0.1, -0.05) is 0 Å². The summed E-state index contributed by atoms with van der Waals surface area (Å²) in [5.41, 5.74) is 5.07. The number of nitrogens with two attached hydrogens (primary N) is 1. The number of carbonyl (C=O) groups is 2. The topological polar surface area (TPSA) is 84.7 Å². The summed E-state index contributed by atoms with van der Waals surface area (Å²) in [4.78, 5) is 23.8. The second-order valence-corrected chi connectivity index (χ2v) is 4.00. The summed E-state index contributed by atoms with van der Waals surface area (Å²) >= 11 is 0. The number of hydrogen-bond acceptors (Lipinski definition) is 4.